The normalized spacial score (nSPS) is 14.2. The number of likely N-dealkylation sites (N-methyl/N-ethyl adjacent to an activating group) is 1. The molecule has 0 N–H and O–H groups in total. The average Bonchev–Trinajstić information content (AvgIpc) is 2.88. The van der Waals surface area contributed by atoms with E-state index in [1.807, 2.05) is 6.92 Å². The van der Waals surface area contributed by atoms with Crippen molar-refractivity contribution in [1.29, 1.82) is 0 Å². The lowest BCUT2D eigenvalue weighted by Gasteiger charge is -2.30. The Morgan fingerprint density at radius 3 is 2.59 bits per heavy atom. The summed E-state index contributed by atoms with van der Waals surface area (Å²) >= 11 is 0. The van der Waals surface area contributed by atoms with Gasteiger partial charge in [0.2, 0.25) is 0 Å². The number of hydrogen-bond acceptors (Lipinski definition) is 7. The predicted molar refractivity (Wildman–Crippen MR) is 135 cm³/mol. The number of rotatable bonds is 9. The first-order valence-corrected chi connectivity index (χ1v) is 12.3. The number of hydrogen-bond donors (Lipinski definition) is 0. The van der Waals surface area contributed by atoms with Gasteiger partial charge in [0.1, 0.15) is 16.9 Å². The number of carbonyl (C=O) groups is 2. The zero-order valence-electron chi connectivity index (χ0n) is 21.4. The monoisotopic (exact) mass is 511 g/mol. The first kappa shape index (κ1) is 26.1. The molecule has 0 saturated heterocycles. The highest BCUT2D eigenvalue weighted by molar-refractivity contribution is 6.00. The predicted octanol–water partition coefficient (Wildman–Crippen LogP) is 3.33. The molecule has 4 rings (SSSR count). The highest BCUT2D eigenvalue weighted by atomic mass is 19.1. The SMILES string of the molecule is CCCCOc1c(C(=O)OCC)c(=O)n2c3c(c(Cc4ccc(F)cc4)cnc13)OC(C(=O)N(C)C)C2. The van der Waals surface area contributed by atoms with Crippen LogP contribution in [0, 0.1) is 5.82 Å². The molecule has 3 aromatic rings. The van der Waals surface area contributed by atoms with Gasteiger partial charge in [-0.15, -0.1) is 0 Å². The molecule has 0 radical (unpaired) electrons. The summed E-state index contributed by atoms with van der Waals surface area (Å²) in [5.74, 6) is -1.17. The Kier molecular flexibility index (Phi) is 7.75. The molecule has 9 nitrogen and oxygen atoms in total. The van der Waals surface area contributed by atoms with E-state index < -0.39 is 17.6 Å². The second kappa shape index (κ2) is 11.0. The Morgan fingerprint density at radius 1 is 1.22 bits per heavy atom. The summed E-state index contributed by atoms with van der Waals surface area (Å²) in [5, 5.41) is 0. The summed E-state index contributed by atoms with van der Waals surface area (Å²) in [7, 11) is 3.19. The maximum absolute atomic E-state index is 13.7. The third kappa shape index (κ3) is 5.14. The summed E-state index contributed by atoms with van der Waals surface area (Å²) in [6.45, 7) is 3.89. The van der Waals surface area contributed by atoms with Gasteiger partial charge in [-0.1, -0.05) is 25.5 Å². The number of nitrogens with zero attached hydrogens (tertiary/aromatic N) is 3. The zero-order chi connectivity index (χ0) is 26.7. The van der Waals surface area contributed by atoms with Gasteiger partial charge in [0.25, 0.3) is 11.5 Å². The number of ether oxygens (including phenoxy) is 3. The van der Waals surface area contributed by atoms with Crippen LogP contribution in [-0.2, 0) is 22.5 Å². The standard InChI is InChI=1S/C27H30FN3O6/c1-5-7-12-36-24-20(27(34)35-6-2)26(33)31-15-19(25(32)30(3)4)37-23-17(14-29-21(24)22(23)31)13-16-8-10-18(28)11-9-16/h8-11,14,19H,5-7,12-13,15H2,1-4H3. The van der Waals surface area contributed by atoms with E-state index in [-0.39, 0.29) is 48.3 Å². The van der Waals surface area contributed by atoms with Crippen LogP contribution in [-0.4, -0.2) is 59.7 Å². The molecule has 2 aromatic heterocycles. The average molecular weight is 512 g/mol. The third-order valence-corrected chi connectivity index (χ3v) is 6.11. The van der Waals surface area contributed by atoms with Crippen molar-refractivity contribution in [2.45, 2.75) is 45.8 Å². The van der Waals surface area contributed by atoms with E-state index in [1.54, 1.807) is 39.3 Å². The number of aromatic nitrogens is 2. The molecule has 0 aliphatic carbocycles. The van der Waals surface area contributed by atoms with Crippen LogP contribution in [0.4, 0.5) is 4.39 Å². The molecule has 0 bridgehead atoms. The van der Waals surface area contributed by atoms with Gasteiger partial charge in [0.05, 0.1) is 19.8 Å². The van der Waals surface area contributed by atoms with Crippen LogP contribution in [0.2, 0.25) is 0 Å². The minimum atomic E-state index is -1.00. The zero-order valence-corrected chi connectivity index (χ0v) is 21.4. The Hall–Kier alpha value is -3.95. The fourth-order valence-corrected chi connectivity index (χ4v) is 4.25. The van der Waals surface area contributed by atoms with Crippen molar-refractivity contribution in [3.63, 3.8) is 0 Å². The van der Waals surface area contributed by atoms with Gasteiger partial charge in [-0.05, 0) is 31.0 Å². The molecule has 0 saturated carbocycles. The molecule has 10 heteroatoms. The van der Waals surface area contributed by atoms with Gasteiger partial charge in [0, 0.05) is 32.3 Å². The van der Waals surface area contributed by atoms with E-state index in [9.17, 15) is 18.8 Å². The second-order valence-electron chi connectivity index (χ2n) is 8.99. The quantitative estimate of drug-likeness (QED) is 0.321. The molecule has 1 unspecified atom stereocenters. The molecule has 3 heterocycles. The lowest BCUT2D eigenvalue weighted by molar-refractivity contribution is -0.137. The largest absolute Gasteiger partial charge is 0.490 e. The summed E-state index contributed by atoms with van der Waals surface area (Å²) in [6, 6.07) is 6.01. The third-order valence-electron chi connectivity index (χ3n) is 6.11. The van der Waals surface area contributed by atoms with E-state index >= 15 is 0 Å². The Morgan fingerprint density at radius 2 is 1.95 bits per heavy atom. The van der Waals surface area contributed by atoms with Crippen molar-refractivity contribution in [3.05, 3.63) is 63.3 Å². The van der Waals surface area contributed by atoms with Crippen LogP contribution in [0.25, 0.3) is 11.0 Å². The summed E-state index contributed by atoms with van der Waals surface area (Å²) in [6.07, 6.45) is 2.45. The van der Waals surface area contributed by atoms with Crippen LogP contribution >= 0.6 is 0 Å². The van der Waals surface area contributed by atoms with Crippen molar-refractivity contribution in [1.82, 2.24) is 14.5 Å². The Bertz CT molecular complexity index is 1380. The number of carbonyl (C=O) groups excluding carboxylic acids is 2. The minimum Gasteiger partial charge on any atom is -0.490 e. The maximum Gasteiger partial charge on any atom is 0.347 e. The number of benzene rings is 1. The fraction of sp³-hybridized carbons (Fsp3) is 0.407. The van der Waals surface area contributed by atoms with Crippen LogP contribution in [0.5, 0.6) is 11.5 Å². The van der Waals surface area contributed by atoms with Gasteiger partial charge in [-0.25, -0.2) is 9.18 Å². The number of unbranched alkanes of at least 4 members (excludes halogenated alkanes) is 1. The molecular weight excluding hydrogens is 481 g/mol. The lowest BCUT2D eigenvalue weighted by Crippen LogP contribution is -2.45. The highest BCUT2D eigenvalue weighted by Crippen LogP contribution is 2.38. The molecule has 1 aliphatic rings. The Labute approximate surface area is 213 Å². The molecule has 0 fully saturated rings. The molecule has 196 valence electrons. The fourth-order valence-electron chi connectivity index (χ4n) is 4.25. The van der Waals surface area contributed by atoms with Gasteiger partial charge < -0.3 is 19.1 Å². The number of esters is 1. The highest BCUT2D eigenvalue weighted by Gasteiger charge is 2.36. The molecule has 1 aliphatic heterocycles. The number of halogens is 1. The Balaban J connectivity index is 1.97. The summed E-state index contributed by atoms with van der Waals surface area (Å²) in [4.78, 5) is 45.5. The molecule has 37 heavy (non-hydrogen) atoms. The van der Waals surface area contributed by atoms with Gasteiger partial charge in [-0.3, -0.25) is 19.1 Å². The van der Waals surface area contributed by atoms with Crippen molar-refractivity contribution in [2.24, 2.45) is 0 Å². The minimum absolute atomic E-state index is 0.0405. The molecule has 1 amide bonds. The van der Waals surface area contributed by atoms with Crippen molar-refractivity contribution >= 4 is 22.9 Å². The van der Waals surface area contributed by atoms with E-state index in [4.69, 9.17) is 14.2 Å². The first-order valence-electron chi connectivity index (χ1n) is 12.3. The second-order valence-corrected chi connectivity index (χ2v) is 8.99. The number of amides is 1. The van der Waals surface area contributed by atoms with Gasteiger partial charge in [0.15, 0.2) is 23.2 Å². The van der Waals surface area contributed by atoms with Gasteiger partial charge >= 0.3 is 5.97 Å². The lowest BCUT2D eigenvalue weighted by atomic mass is 10.0. The molecular formula is C27H30FN3O6. The van der Waals surface area contributed by atoms with E-state index in [0.717, 1.165) is 12.0 Å². The van der Waals surface area contributed by atoms with Crippen LogP contribution in [0.15, 0.2) is 35.3 Å². The van der Waals surface area contributed by atoms with Crippen LogP contribution < -0.4 is 15.0 Å². The first-order chi connectivity index (χ1) is 17.8. The summed E-state index contributed by atoms with van der Waals surface area (Å²) in [5.41, 5.74) is 1.11. The molecule has 1 aromatic carbocycles. The smallest absolute Gasteiger partial charge is 0.347 e. The topological polar surface area (TPSA) is 100.0 Å². The van der Waals surface area contributed by atoms with Crippen molar-refractivity contribution in [3.8, 4) is 11.5 Å². The maximum atomic E-state index is 13.7. The molecule has 1 atom stereocenters. The molecule has 0 spiro atoms. The van der Waals surface area contributed by atoms with Crippen LogP contribution in [0.1, 0.15) is 48.2 Å². The van der Waals surface area contributed by atoms with Crippen LogP contribution in [0.3, 0.4) is 0 Å². The van der Waals surface area contributed by atoms with Crippen molar-refractivity contribution < 1.29 is 28.2 Å². The van der Waals surface area contributed by atoms with Gasteiger partial charge in [-0.2, -0.15) is 0 Å². The van der Waals surface area contributed by atoms with E-state index in [0.29, 0.717) is 29.7 Å². The summed E-state index contributed by atoms with van der Waals surface area (Å²) < 4.78 is 32.1. The van der Waals surface area contributed by atoms with E-state index in [1.165, 1.54) is 21.6 Å². The number of pyridine rings is 2. The van der Waals surface area contributed by atoms with Crippen molar-refractivity contribution in [2.75, 3.05) is 27.3 Å². The van der Waals surface area contributed by atoms with E-state index in [2.05, 4.69) is 4.98 Å².